The van der Waals surface area contributed by atoms with Gasteiger partial charge in [-0.15, -0.1) is 0 Å². The third kappa shape index (κ3) is 3.67. The quantitative estimate of drug-likeness (QED) is 0.840. The Morgan fingerprint density at radius 2 is 2.24 bits per heavy atom. The number of carbonyl (C=O) groups is 2. The molecule has 0 unspecified atom stereocenters. The summed E-state index contributed by atoms with van der Waals surface area (Å²) in [6.07, 6.45) is 4.39. The molecule has 0 bridgehead atoms. The molecule has 0 aliphatic rings. The van der Waals surface area contributed by atoms with Crippen LogP contribution in [0.2, 0.25) is 0 Å². The highest BCUT2D eigenvalue weighted by atomic mass is 16.5. The van der Waals surface area contributed by atoms with Crippen molar-refractivity contribution in [1.82, 2.24) is 9.55 Å². The summed E-state index contributed by atoms with van der Waals surface area (Å²) in [5.74, 6) is -1.43. The van der Waals surface area contributed by atoms with Gasteiger partial charge >= 0.3 is 5.97 Å². The molecule has 7 heteroatoms. The molecule has 2 aromatic heterocycles. The van der Waals surface area contributed by atoms with Crippen molar-refractivity contribution in [3.05, 3.63) is 48.0 Å². The van der Waals surface area contributed by atoms with Crippen molar-refractivity contribution < 1.29 is 19.4 Å². The van der Waals surface area contributed by atoms with Crippen LogP contribution in [0.25, 0.3) is 0 Å². The summed E-state index contributed by atoms with van der Waals surface area (Å²) >= 11 is 0. The van der Waals surface area contributed by atoms with E-state index < -0.39 is 5.97 Å². The van der Waals surface area contributed by atoms with Crippen LogP contribution < -0.4 is 5.32 Å². The molecule has 2 N–H and O–H groups in total. The molecule has 0 aromatic carbocycles. The lowest BCUT2D eigenvalue weighted by molar-refractivity contribution is 0.0696. The highest BCUT2D eigenvalue weighted by Crippen LogP contribution is 2.11. The number of amides is 1. The summed E-state index contributed by atoms with van der Waals surface area (Å²) in [5, 5.41) is 11.5. The van der Waals surface area contributed by atoms with Crippen LogP contribution >= 0.6 is 0 Å². The summed E-state index contributed by atoms with van der Waals surface area (Å²) in [7, 11) is 1.59. The Labute approximate surface area is 121 Å². The molecule has 0 aliphatic carbocycles. The number of methoxy groups -OCH3 is 1. The first-order valence-corrected chi connectivity index (χ1v) is 6.25. The Hall–Kier alpha value is -2.67. The van der Waals surface area contributed by atoms with Gasteiger partial charge in [-0.25, -0.2) is 4.79 Å². The SMILES string of the molecule is COCCn1cccc1C(=O)Nc1cncc(C(=O)O)c1. The van der Waals surface area contributed by atoms with Crippen molar-refractivity contribution in [2.75, 3.05) is 19.0 Å². The van der Waals surface area contributed by atoms with E-state index in [-0.39, 0.29) is 11.5 Å². The Balaban J connectivity index is 2.13. The van der Waals surface area contributed by atoms with Gasteiger partial charge in [-0.3, -0.25) is 9.78 Å². The molecule has 0 atom stereocenters. The minimum absolute atomic E-state index is 0.0163. The van der Waals surface area contributed by atoms with Crippen LogP contribution in [0.5, 0.6) is 0 Å². The Bertz CT molecular complexity index is 651. The summed E-state index contributed by atoms with van der Waals surface area (Å²) in [6, 6.07) is 4.80. The number of hydrogen-bond acceptors (Lipinski definition) is 4. The number of carboxylic acid groups (broad SMARTS) is 1. The van der Waals surface area contributed by atoms with E-state index in [1.165, 1.54) is 18.5 Å². The maximum absolute atomic E-state index is 12.2. The van der Waals surface area contributed by atoms with Gasteiger partial charge in [0.1, 0.15) is 5.69 Å². The average molecular weight is 289 g/mol. The van der Waals surface area contributed by atoms with Crippen LogP contribution in [0.15, 0.2) is 36.8 Å². The van der Waals surface area contributed by atoms with Gasteiger partial charge in [-0.1, -0.05) is 0 Å². The van der Waals surface area contributed by atoms with Crippen LogP contribution in [0.3, 0.4) is 0 Å². The first-order chi connectivity index (χ1) is 10.1. The largest absolute Gasteiger partial charge is 0.478 e. The van der Waals surface area contributed by atoms with Crippen LogP contribution in [-0.4, -0.2) is 40.3 Å². The van der Waals surface area contributed by atoms with E-state index in [0.29, 0.717) is 24.5 Å². The second kappa shape index (κ2) is 6.67. The van der Waals surface area contributed by atoms with Crippen molar-refractivity contribution in [3.8, 4) is 0 Å². The second-order valence-corrected chi connectivity index (χ2v) is 4.30. The summed E-state index contributed by atoms with van der Waals surface area (Å²) in [4.78, 5) is 26.9. The van der Waals surface area contributed by atoms with E-state index in [4.69, 9.17) is 9.84 Å². The molecule has 110 valence electrons. The molecular formula is C14H15N3O4. The number of rotatable bonds is 6. The lowest BCUT2D eigenvalue weighted by Gasteiger charge is -2.09. The van der Waals surface area contributed by atoms with Crippen molar-refractivity contribution in [3.63, 3.8) is 0 Å². The zero-order chi connectivity index (χ0) is 15.2. The maximum Gasteiger partial charge on any atom is 0.337 e. The van der Waals surface area contributed by atoms with Crippen LogP contribution in [0, 0.1) is 0 Å². The smallest absolute Gasteiger partial charge is 0.337 e. The molecule has 2 aromatic rings. The van der Waals surface area contributed by atoms with Crippen molar-refractivity contribution >= 4 is 17.6 Å². The highest BCUT2D eigenvalue weighted by molar-refractivity contribution is 6.03. The monoisotopic (exact) mass is 289 g/mol. The van der Waals surface area contributed by atoms with Gasteiger partial charge in [-0.05, 0) is 18.2 Å². The molecule has 2 heterocycles. The van der Waals surface area contributed by atoms with Crippen molar-refractivity contribution in [1.29, 1.82) is 0 Å². The van der Waals surface area contributed by atoms with Gasteiger partial charge in [0.25, 0.3) is 5.91 Å². The standard InChI is InChI=1S/C14H15N3O4/c1-21-6-5-17-4-2-3-12(17)13(18)16-11-7-10(14(19)20)8-15-9-11/h2-4,7-9H,5-6H2,1H3,(H,16,18)(H,19,20). The normalized spacial score (nSPS) is 10.3. The molecule has 0 saturated carbocycles. The minimum atomic E-state index is -1.10. The number of aromatic nitrogens is 2. The lowest BCUT2D eigenvalue weighted by atomic mass is 10.2. The van der Waals surface area contributed by atoms with Crippen molar-refractivity contribution in [2.24, 2.45) is 0 Å². The highest BCUT2D eigenvalue weighted by Gasteiger charge is 2.12. The van der Waals surface area contributed by atoms with E-state index in [2.05, 4.69) is 10.3 Å². The molecule has 0 saturated heterocycles. The van der Waals surface area contributed by atoms with Gasteiger partial charge < -0.3 is 19.7 Å². The fourth-order valence-corrected chi connectivity index (χ4v) is 1.83. The Morgan fingerprint density at radius 3 is 2.95 bits per heavy atom. The van der Waals surface area contributed by atoms with Crippen molar-refractivity contribution in [2.45, 2.75) is 6.54 Å². The number of ether oxygens (including phenoxy) is 1. The number of carbonyl (C=O) groups excluding carboxylic acids is 1. The maximum atomic E-state index is 12.2. The van der Waals surface area contributed by atoms with Crippen LogP contribution in [-0.2, 0) is 11.3 Å². The van der Waals surface area contributed by atoms with Crippen LogP contribution in [0.4, 0.5) is 5.69 Å². The third-order valence-electron chi connectivity index (χ3n) is 2.84. The molecule has 0 fully saturated rings. The molecule has 0 spiro atoms. The first-order valence-electron chi connectivity index (χ1n) is 6.25. The molecule has 2 rings (SSSR count). The molecule has 0 radical (unpaired) electrons. The summed E-state index contributed by atoms with van der Waals surface area (Å²) in [5.41, 5.74) is 0.815. The fraction of sp³-hybridized carbons (Fsp3) is 0.214. The fourth-order valence-electron chi connectivity index (χ4n) is 1.83. The average Bonchev–Trinajstić information content (AvgIpc) is 2.93. The van der Waals surface area contributed by atoms with Gasteiger partial charge in [0.05, 0.1) is 24.1 Å². The number of carboxylic acids is 1. The van der Waals surface area contributed by atoms with Gasteiger partial charge in [0.15, 0.2) is 0 Å². The van der Waals surface area contributed by atoms with E-state index in [1.54, 1.807) is 30.0 Å². The predicted molar refractivity (Wildman–Crippen MR) is 75.5 cm³/mol. The van der Waals surface area contributed by atoms with E-state index in [9.17, 15) is 9.59 Å². The van der Waals surface area contributed by atoms with Crippen LogP contribution in [0.1, 0.15) is 20.8 Å². The minimum Gasteiger partial charge on any atom is -0.478 e. The first kappa shape index (κ1) is 14.7. The third-order valence-corrected chi connectivity index (χ3v) is 2.84. The summed E-state index contributed by atoms with van der Waals surface area (Å²) in [6.45, 7) is 1.05. The number of aromatic carboxylic acids is 1. The zero-order valence-corrected chi connectivity index (χ0v) is 11.4. The summed E-state index contributed by atoms with van der Waals surface area (Å²) < 4.78 is 6.74. The molecule has 21 heavy (non-hydrogen) atoms. The second-order valence-electron chi connectivity index (χ2n) is 4.30. The lowest BCUT2D eigenvalue weighted by Crippen LogP contribution is -2.18. The number of pyridine rings is 1. The van der Waals surface area contributed by atoms with E-state index in [1.807, 2.05) is 0 Å². The molecular weight excluding hydrogens is 274 g/mol. The Kier molecular flexibility index (Phi) is 4.68. The predicted octanol–water partition coefficient (Wildman–Crippen LogP) is 1.48. The van der Waals surface area contributed by atoms with Gasteiger partial charge in [-0.2, -0.15) is 0 Å². The molecule has 1 amide bonds. The number of nitrogens with zero attached hydrogens (tertiary/aromatic N) is 2. The van der Waals surface area contributed by atoms with E-state index >= 15 is 0 Å². The van der Waals surface area contributed by atoms with Gasteiger partial charge in [0, 0.05) is 26.0 Å². The number of hydrogen-bond donors (Lipinski definition) is 2. The molecule has 0 aliphatic heterocycles. The van der Waals surface area contributed by atoms with E-state index in [0.717, 1.165) is 0 Å². The number of nitrogens with one attached hydrogen (secondary N) is 1. The van der Waals surface area contributed by atoms with Gasteiger partial charge in [0.2, 0.25) is 0 Å². The Morgan fingerprint density at radius 1 is 1.43 bits per heavy atom. The topological polar surface area (TPSA) is 93.5 Å². The molecule has 7 nitrogen and oxygen atoms in total. The zero-order valence-electron chi connectivity index (χ0n) is 11.4. The number of anilines is 1.